The molecule has 30 valence electrons. The molecule has 0 amide bonds. The van der Waals surface area contributed by atoms with Crippen molar-refractivity contribution in [2.24, 2.45) is 0 Å². The van der Waals surface area contributed by atoms with Gasteiger partial charge in [0.25, 0.3) is 0 Å². The molecule has 0 fully saturated rings. The van der Waals surface area contributed by atoms with Crippen LogP contribution in [-0.4, -0.2) is 0 Å². The van der Waals surface area contributed by atoms with Crippen molar-refractivity contribution >= 4 is 41.0 Å². The van der Waals surface area contributed by atoms with Crippen LogP contribution in [0.4, 0.5) is 0 Å². The molecule has 0 saturated heterocycles. The zero-order chi connectivity index (χ0) is 2.00. The molecule has 0 aliphatic heterocycles. The fraction of sp³-hybridized carbons (Fsp3) is 1.00. The van der Waals surface area contributed by atoms with Gasteiger partial charge in [0.05, 0.1) is 0 Å². The number of rotatable bonds is 0. The van der Waals surface area contributed by atoms with Gasteiger partial charge in [-0.3, -0.25) is 0 Å². The van der Waals surface area contributed by atoms with Crippen LogP contribution in [0.25, 0.3) is 0 Å². The Balaban J connectivity index is -0.00000000500. The molecule has 4 heavy (non-hydrogen) atoms. The molecule has 0 aliphatic rings. The first-order valence-electron chi connectivity index (χ1n) is 1.00. The molecule has 0 atom stereocenters. The van der Waals surface area contributed by atoms with E-state index >= 15 is 0 Å². The van der Waals surface area contributed by atoms with Gasteiger partial charge in [-0.25, -0.2) is 0 Å². The van der Waals surface area contributed by atoms with Crippen molar-refractivity contribution in [2.75, 3.05) is 0 Å². The zero-order valence-corrected chi connectivity index (χ0v) is 6.86. The molecular formula is C2H8BrI. The van der Waals surface area contributed by atoms with E-state index in [0.29, 0.717) is 0 Å². The van der Waals surface area contributed by atoms with Crippen LogP contribution in [0, 0.1) is 0 Å². The van der Waals surface area contributed by atoms with Crippen LogP contribution in [-0.2, 0) is 0 Å². The minimum atomic E-state index is 0. The Kier molecular flexibility index (Phi) is 140. The van der Waals surface area contributed by atoms with Gasteiger partial charge in [0.1, 0.15) is 0 Å². The van der Waals surface area contributed by atoms with Crippen molar-refractivity contribution in [1.82, 2.24) is 0 Å². The van der Waals surface area contributed by atoms with Crippen LogP contribution < -0.4 is 0 Å². The Hall–Kier alpha value is 1.21. The van der Waals surface area contributed by atoms with E-state index in [0.717, 1.165) is 0 Å². The van der Waals surface area contributed by atoms with E-state index < -0.39 is 0 Å². The molecule has 0 bridgehead atoms. The zero-order valence-electron chi connectivity index (χ0n) is 2.82. The maximum atomic E-state index is 2.00. The standard InChI is InChI=1S/C2H6.BrH.HI/c1-2;;/h1-2H3;2*1H. The van der Waals surface area contributed by atoms with Gasteiger partial charge >= 0.3 is 0 Å². The van der Waals surface area contributed by atoms with E-state index in [4.69, 9.17) is 0 Å². The highest BCUT2D eigenvalue weighted by Gasteiger charge is 0.932. The van der Waals surface area contributed by atoms with Crippen molar-refractivity contribution in [3.63, 3.8) is 0 Å². The Bertz CT molecular complexity index is 6.00. The fourth-order valence-corrected chi connectivity index (χ4v) is 0. The molecule has 0 rings (SSSR count). The maximum Gasteiger partial charge on any atom is -0.0683 e. The molecule has 0 aromatic carbocycles. The summed E-state index contributed by atoms with van der Waals surface area (Å²) < 4.78 is 0. The topological polar surface area (TPSA) is 0 Å². The van der Waals surface area contributed by atoms with E-state index in [-0.39, 0.29) is 41.0 Å². The molecule has 0 aromatic rings. The molecule has 0 aromatic heterocycles. The van der Waals surface area contributed by atoms with E-state index in [1.54, 1.807) is 0 Å². The summed E-state index contributed by atoms with van der Waals surface area (Å²) in [5.74, 6) is 0. The van der Waals surface area contributed by atoms with Crippen molar-refractivity contribution in [2.45, 2.75) is 13.8 Å². The molecule has 0 spiro atoms. The van der Waals surface area contributed by atoms with Crippen LogP contribution in [0.15, 0.2) is 0 Å². The van der Waals surface area contributed by atoms with Gasteiger partial charge in [-0.2, -0.15) is 0 Å². The predicted molar refractivity (Wildman–Crippen MR) is 37.1 cm³/mol. The van der Waals surface area contributed by atoms with Gasteiger partial charge < -0.3 is 0 Å². The highest BCUT2D eigenvalue weighted by Crippen LogP contribution is 1.14. The summed E-state index contributed by atoms with van der Waals surface area (Å²) in [5, 5.41) is 0. The van der Waals surface area contributed by atoms with Gasteiger partial charge in [-0.05, 0) is 0 Å². The Morgan fingerprint density at radius 1 is 1.00 bits per heavy atom. The first-order chi connectivity index (χ1) is 1.00. The third-order valence-corrected chi connectivity index (χ3v) is 0. The summed E-state index contributed by atoms with van der Waals surface area (Å²) in [5.41, 5.74) is 0. The van der Waals surface area contributed by atoms with Gasteiger partial charge in [0.15, 0.2) is 0 Å². The lowest BCUT2D eigenvalue weighted by molar-refractivity contribution is 1.50. The van der Waals surface area contributed by atoms with E-state index in [2.05, 4.69) is 0 Å². The van der Waals surface area contributed by atoms with Crippen molar-refractivity contribution in [1.29, 1.82) is 0 Å². The number of hydrogen-bond donors (Lipinski definition) is 0. The molecule has 0 radical (unpaired) electrons. The Morgan fingerprint density at radius 2 is 1.00 bits per heavy atom. The molecule has 0 unspecified atom stereocenters. The Morgan fingerprint density at radius 3 is 1.00 bits per heavy atom. The average molecular weight is 239 g/mol. The summed E-state index contributed by atoms with van der Waals surface area (Å²) >= 11 is 0. The third-order valence-electron chi connectivity index (χ3n) is 0. The van der Waals surface area contributed by atoms with Crippen molar-refractivity contribution in [3.05, 3.63) is 0 Å². The largest absolute Gasteiger partial charge is 0.114 e. The van der Waals surface area contributed by atoms with Crippen LogP contribution in [0.3, 0.4) is 0 Å². The molecule has 0 aliphatic carbocycles. The van der Waals surface area contributed by atoms with Crippen molar-refractivity contribution in [3.8, 4) is 0 Å². The van der Waals surface area contributed by atoms with E-state index in [1.807, 2.05) is 13.8 Å². The van der Waals surface area contributed by atoms with Gasteiger partial charge in [0, 0.05) is 0 Å². The normalized spacial score (nSPS) is 1.50. The third kappa shape index (κ3) is 10.7. The molecule has 0 heterocycles. The summed E-state index contributed by atoms with van der Waals surface area (Å²) in [6, 6.07) is 0. The summed E-state index contributed by atoms with van der Waals surface area (Å²) in [7, 11) is 0. The SMILES string of the molecule is Br.CC.I. The fourth-order valence-electron chi connectivity index (χ4n) is 0. The lowest BCUT2D eigenvalue weighted by atomic mass is 11.0. The quantitative estimate of drug-likeness (QED) is 0.568. The van der Waals surface area contributed by atoms with Crippen LogP contribution in [0.1, 0.15) is 13.8 Å². The monoisotopic (exact) mass is 238 g/mol. The first kappa shape index (κ1) is 18.9. The van der Waals surface area contributed by atoms with Gasteiger partial charge in [0.2, 0.25) is 0 Å². The molecule has 2 heteroatoms. The maximum absolute atomic E-state index is 2.00. The second-order valence-corrected chi connectivity index (χ2v) is 0. The van der Waals surface area contributed by atoms with Crippen LogP contribution in [0.5, 0.6) is 0 Å². The lowest BCUT2D eigenvalue weighted by Gasteiger charge is -1.07. The first-order valence-corrected chi connectivity index (χ1v) is 1.00. The highest BCUT2D eigenvalue weighted by molar-refractivity contribution is 14.0. The second-order valence-electron chi connectivity index (χ2n) is 0. The van der Waals surface area contributed by atoms with E-state index in [1.165, 1.54) is 0 Å². The predicted octanol–water partition coefficient (Wildman–Crippen LogP) is 2.22. The van der Waals surface area contributed by atoms with Gasteiger partial charge in [-0.1, -0.05) is 13.8 Å². The van der Waals surface area contributed by atoms with Crippen molar-refractivity contribution < 1.29 is 0 Å². The highest BCUT2D eigenvalue weighted by atomic mass is 127. The lowest BCUT2D eigenvalue weighted by Crippen LogP contribution is -0.856. The average Bonchev–Trinajstić information content (AvgIpc) is 1.00. The minimum absolute atomic E-state index is 0. The van der Waals surface area contributed by atoms with Crippen LogP contribution in [0.2, 0.25) is 0 Å². The van der Waals surface area contributed by atoms with E-state index in [9.17, 15) is 0 Å². The summed E-state index contributed by atoms with van der Waals surface area (Å²) in [6.07, 6.45) is 0. The Labute approximate surface area is 54.8 Å². The molecule has 0 N–H and O–H groups in total. The molecule has 0 nitrogen and oxygen atoms in total. The minimum Gasteiger partial charge on any atom is -0.114 e. The summed E-state index contributed by atoms with van der Waals surface area (Å²) in [6.45, 7) is 4.00. The number of hydrogen-bond acceptors (Lipinski definition) is 0. The smallest absolute Gasteiger partial charge is 0.0683 e. The van der Waals surface area contributed by atoms with Crippen LogP contribution >= 0.6 is 41.0 Å². The second kappa shape index (κ2) is 29.6. The number of halogens is 2. The molecule has 0 saturated carbocycles. The summed E-state index contributed by atoms with van der Waals surface area (Å²) in [4.78, 5) is 0. The van der Waals surface area contributed by atoms with Gasteiger partial charge in [-0.15, -0.1) is 41.0 Å². The molecular weight excluding hydrogens is 231 g/mol.